The molecule has 0 saturated heterocycles. The van der Waals surface area contributed by atoms with E-state index >= 15 is 0 Å². The van der Waals surface area contributed by atoms with Crippen LogP contribution in [-0.2, 0) is 28.6 Å². The number of unbranched alkanes of at least 4 members (excludes halogenated alkanes) is 40. The lowest BCUT2D eigenvalue weighted by Gasteiger charge is -2.18. The largest absolute Gasteiger partial charge is 0.462 e. The summed E-state index contributed by atoms with van der Waals surface area (Å²) < 4.78 is 17.0. The first-order valence-electron chi connectivity index (χ1n) is 35.6. The predicted molar refractivity (Wildman–Crippen MR) is 358 cm³/mol. The maximum absolute atomic E-state index is 13.0. The van der Waals surface area contributed by atoms with E-state index < -0.39 is 6.10 Å². The van der Waals surface area contributed by atoms with Crippen molar-refractivity contribution in [2.45, 2.75) is 367 Å². The maximum Gasteiger partial charge on any atom is 0.306 e. The second-order valence-electron chi connectivity index (χ2n) is 23.8. The van der Waals surface area contributed by atoms with E-state index in [0.717, 1.165) is 103 Å². The lowest BCUT2D eigenvalue weighted by molar-refractivity contribution is -0.167. The summed E-state index contributed by atoms with van der Waals surface area (Å²) in [5, 5.41) is 0. The van der Waals surface area contributed by atoms with E-state index in [4.69, 9.17) is 14.2 Å². The van der Waals surface area contributed by atoms with Crippen molar-refractivity contribution in [3.05, 3.63) is 85.1 Å². The molecule has 0 aromatic heterocycles. The van der Waals surface area contributed by atoms with E-state index in [-0.39, 0.29) is 31.1 Å². The summed E-state index contributed by atoms with van der Waals surface area (Å²) >= 11 is 0. The highest BCUT2D eigenvalue weighted by Gasteiger charge is 2.19. The van der Waals surface area contributed by atoms with Gasteiger partial charge in [-0.05, 0) is 96.3 Å². The number of rotatable bonds is 65. The molecule has 474 valence electrons. The van der Waals surface area contributed by atoms with Gasteiger partial charge in [0.15, 0.2) is 6.10 Å². The van der Waals surface area contributed by atoms with Gasteiger partial charge in [-0.1, -0.05) is 331 Å². The third-order valence-corrected chi connectivity index (χ3v) is 15.6. The number of esters is 3. The standard InChI is InChI=1S/C76H134O6/c1-4-7-10-13-16-19-22-25-28-30-32-34-35-36-37-38-39-40-41-43-44-46-48-51-54-57-60-63-66-69-75(78)81-72-73(71-80-74(77)68-65-62-59-56-53-50-27-24-21-18-15-12-9-6-3)82-76(79)70-67-64-61-58-55-52-49-47-45-42-33-31-29-26-23-20-17-14-11-8-5-2/h8,11,17,20,22,25-26,29-30,32-33,35-36,42,73H,4-7,9-10,12-16,18-19,21,23-24,27-28,31,34,37-41,43-72H2,1-3H3/b11-8-,20-17-,25-22-,29-26-,32-30-,36-35-,42-33-. The second-order valence-corrected chi connectivity index (χ2v) is 23.8. The summed E-state index contributed by atoms with van der Waals surface area (Å²) in [4.78, 5) is 38.5. The Labute approximate surface area is 509 Å². The molecular formula is C76H134O6. The van der Waals surface area contributed by atoms with Gasteiger partial charge in [0, 0.05) is 19.3 Å². The van der Waals surface area contributed by atoms with Gasteiger partial charge in [-0.15, -0.1) is 0 Å². The van der Waals surface area contributed by atoms with E-state index in [9.17, 15) is 14.4 Å². The molecule has 0 radical (unpaired) electrons. The summed E-state index contributed by atoms with van der Waals surface area (Å²) in [6, 6.07) is 0. The zero-order chi connectivity index (χ0) is 59.2. The number of allylic oxidation sites excluding steroid dienone is 14. The van der Waals surface area contributed by atoms with Crippen LogP contribution in [0.1, 0.15) is 361 Å². The lowest BCUT2D eigenvalue weighted by Crippen LogP contribution is -2.30. The highest BCUT2D eigenvalue weighted by atomic mass is 16.6. The topological polar surface area (TPSA) is 78.9 Å². The van der Waals surface area contributed by atoms with Crippen LogP contribution in [0.2, 0.25) is 0 Å². The first-order valence-corrected chi connectivity index (χ1v) is 35.6. The third kappa shape index (κ3) is 67.4. The molecule has 0 aromatic carbocycles. The molecule has 0 aromatic rings. The van der Waals surface area contributed by atoms with Gasteiger partial charge in [0.25, 0.3) is 0 Å². The van der Waals surface area contributed by atoms with Crippen molar-refractivity contribution in [2.75, 3.05) is 13.2 Å². The number of hydrogen-bond acceptors (Lipinski definition) is 6. The van der Waals surface area contributed by atoms with Gasteiger partial charge >= 0.3 is 17.9 Å². The molecular weight excluding hydrogens is 1010 g/mol. The number of hydrogen-bond donors (Lipinski definition) is 0. The van der Waals surface area contributed by atoms with Crippen molar-refractivity contribution in [2.24, 2.45) is 0 Å². The molecule has 6 heteroatoms. The van der Waals surface area contributed by atoms with Gasteiger partial charge in [0.2, 0.25) is 0 Å². The molecule has 0 aliphatic rings. The minimum absolute atomic E-state index is 0.0758. The highest BCUT2D eigenvalue weighted by molar-refractivity contribution is 5.71. The zero-order valence-electron chi connectivity index (χ0n) is 54.5. The molecule has 0 N–H and O–H groups in total. The first-order chi connectivity index (χ1) is 40.5. The van der Waals surface area contributed by atoms with Crippen LogP contribution in [0, 0.1) is 0 Å². The molecule has 0 heterocycles. The van der Waals surface area contributed by atoms with Crippen LogP contribution >= 0.6 is 0 Å². The quantitative estimate of drug-likeness (QED) is 0.0261. The summed E-state index contributed by atoms with van der Waals surface area (Å²) in [5.74, 6) is -0.865. The van der Waals surface area contributed by atoms with Crippen molar-refractivity contribution in [1.82, 2.24) is 0 Å². The van der Waals surface area contributed by atoms with Crippen LogP contribution in [-0.4, -0.2) is 37.2 Å². The van der Waals surface area contributed by atoms with Gasteiger partial charge in [-0.25, -0.2) is 0 Å². The monoisotopic (exact) mass is 1140 g/mol. The van der Waals surface area contributed by atoms with Crippen LogP contribution in [0.15, 0.2) is 85.1 Å². The fourth-order valence-corrected chi connectivity index (χ4v) is 10.3. The Balaban J connectivity index is 4.27. The van der Waals surface area contributed by atoms with Crippen LogP contribution in [0.25, 0.3) is 0 Å². The van der Waals surface area contributed by atoms with Crippen molar-refractivity contribution < 1.29 is 28.6 Å². The van der Waals surface area contributed by atoms with Crippen LogP contribution in [0.4, 0.5) is 0 Å². The molecule has 0 aliphatic heterocycles. The average molecular weight is 1140 g/mol. The fourth-order valence-electron chi connectivity index (χ4n) is 10.3. The van der Waals surface area contributed by atoms with Gasteiger partial charge in [-0.2, -0.15) is 0 Å². The molecule has 0 amide bonds. The predicted octanol–water partition coefficient (Wildman–Crippen LogP) is 24.6. The molecule has 0 saturated carbocycles. The van der Waals surface area contributed by atoms with Crippen LogP contribution in [0.5, 0.6) is 0 Å². The molecule has 0 aliphatic carbocycles. The Morgan fingerprint density at radius 3 is 0.744 bits per heavy atom. The molecule has 82 heavy (non-hydrogen) atoms. The summed E-state index contributed by atoms with van der Waals surface area (Å²) in [6.07, 6.45) is 93.2. The minimum Gasteiger partial charge on any atom is -0.462 e. The van der Waals surface area contributed by atoms with E-state index in [0.29, 0.717) is 19.3 Å². The van der Waals surface area contributed by atoms with E-state index in [1.165, 1.54) is 218 Å². The highest BCUT2D eigenvalue weighted by Crippen LogP contribution is 2.18. The van der Waals surface area contributed by atoms with Crippen molar-refractivity contribution in [1.29, 1.82) is 0 Å². The van der Waals surface area contributed by atoms with Crippen molar-refractivity contribution in [3.8, 4) is 0 Å². The van der Waals surface area contributed by atoms with Crippen LogP contribution < -0.4 is 0 Å². The molecule has 0 spiro atoms. The fraction of sp³-hybridized carbons (Fsp3) is 0.776. The second kappa shape index (κ2) is 70.1. The Kier molecular flexibility index (Phi) is 67.2. The Morgan fingerprint density at radius 1 is 0.256 bits per heavy atom. The summed E-state index contributed by atoms with van der Waals surface area (Å²) in [7, 11) is 0. The zero-order valence-corrected chi connectivity index (χ0v) is 54.5. The Hall–Kier alpha value is -3.41. The van der Waals surface area contributed by atoms with Gasteiger partial charge < -0.3 is 14.2 Å². The molecule has 6 nitrogen and oxygen atoms in total. The van der Waals surface area contributed by atoms with Gasteiger partial charge in [0.1, 0.15) is 13.2 Å². The van der Waals surface area contributed by atoms with Gasteiger partial charge in [-0.3, -0.25) is 14.4 Å². The molecule has 0 rings (SSSR count). The third-order valence-electron chi connectivity index (χ3n) is 15.6. The average Bonchev–Trinajstić information content (AvgIpc) is 3.47. The maximum atomic E-state index is 13.0. The van der Waals surface area contributed by atoms with Crippen LogP contribution in [0.3, 0.4) is 0 Å². The van der Waals surface area contributed by atoms with Crippen molar-refractivity contribution in [3.63, 3.8) is 0 Å². The lowest BCUT2D eigenvalue weighted by atomic mass is 10.0. The smallest absolute Gasteiger partial charge is 0.306 e. The number of carbonyl (C=O) groups excluding carboxylic acids is 3. The van der Waals surface area contributed by atoms with E-state index in [1.807, 2.05) is 0 Å². The summed E-state index contributed by atoms with van der Waals surface area (Å²) in [6.45, 7) is 6.56. The van der Waals surface area contributed by atoms with Gasteiger partial charge in [0.05, 0.1) is 0 Å². The number of ether oxygens (including phenoxy) is 3. The first kappa shape index (κ1) is 78.6. The van der Waals surface area contributed by atoms with E-state index in [2.05, 4.69) is 106 Å². The normalized spacial score (nSPS) is 12.6. The molecule has 0 bridgehead atoms. The number of carbonyl (C=O) groups is 3. The van der Waals surface area contributed by atoms with Crippen molar-refractivity contribution >= 4 is 17.9 Å². The molecule has 0 fully saturated rings. The SMILES string of the molecule is CC/C=C\C/C=C\C/C=C\C/C=C\CCCCCCCCCCC(=O)OC(COC(=O)CCCCCCCCCCCCCCCC)COC(=O)CCCCCCCCCCCCCCCC/C=C\C/C=C\C/C=C\CCCCCCC. The Bertz CT molecular complexity index is 1550. The molecule has 1 atom stereocenters. The van der Waals surface area contributed by atoms with E-state index in [1.54, 1.807) is 0 Å². The summed E-state index contributed by atoms with van der Waals surface area (Å²) in [5.41, 5.74) is 0. The Morgan fingerprint density at radius 2 is 0.476 bits per heavy atom. The minimum atomic E-state index is -0.781. The molecule has 1 unspecified atom stereocenters.